The van der Waals surface area contributed by atoms with Crippen LogP contribution in [0, 0.1) is 24.6 Å². The summed E-state index contributed by atoms with van der Waals surface area (Å²) in [4.78, 5) is 0. The van der Waals surface area contributed by atoms with Crippen molar-refractivity contribution in [1.29, 1.82) is 0 Å². The van der Waals surface area contributed by atoms with Gasteiger partial charge in [0.15, 0.2) is 0 Å². The van der Waals surface area contributed by atoms with Crippen LogP contribution in [0.4, 0.5) is 4.39 Å². The number of aryl methyl sites for hydroxylation is 1. The molecule has 0 amide bonds. The lowest BCUT2D eigenvalue weighted by Crippen LogP contribution is -2.26. The van der Waals surface area contributed by atoms with Crippen LogP contribution in [0.15, 0.2) is 18.2 Å². The maximum atomic E-state index is 12.8. The van der Waals surface area contributed by atoms with E-state index in [-0.39, 0.29) is 5.82 Å². The average molecular weight is 208 g/mol. The summed E-state index contributed by atoms with van der Waals surface area (Å²) in [6.07, 6.45) is 2.53. The monoisotopic (exact) mass is 208 g/mol. The van der Waals surface area contributed by atoms with Gasteiger partial charge in [0.1, 0.15) is 11.6 Å². The molecule has 0 radical (unpaired) electrons. The molecular weight excluding hydrogens is 191 g/mol. The molecule has 1 fully saturated rings. The van der Waals surface area contributed by atoms with Gasteiger partial charge in [-0.3, -0.25) is 0 Å². The van der Waals surface area contributed by atoms with Crippen molar-refractivity contribution in [2.45, 2.75) is 26.7 Å². The summed E-state index contributed by atoms with van der Waals surface area (Å²) in [5.41, 5.74) is 0.877. The van der Waals surface area contributed by atoms with Gasteiger partial charge in [-0.15, -0.1) is 0 Å². The summed E-state index contributed by atoms with van der Waals surface area (Å²) in [6.45, 7) is 4.91. The highest BCUT2D eigenvalue weighted by Gasteiger charge is 2.25. The first-order valence-corrected chi connectivity index (χ1v) is 5.54. The number of hydrogen-bond acceptors (Lipinski definition) is 1. The van der Waals surface area contributed by atoms with Gasteiger partial charge in [-0.05, 0) is 55.4 Å². The van der Waals surface area contributed by atoms with Crippen LogP contribution in [0.1, 0.15) is 25.3 Å². The van der Waals surface area contributed by atoms with Crippen molar-refractivity contribution in [1.82, 2.24) is 0 Å². The van der Waals surface area contributed by atoms with Crippen LogP contribution in [0.25, 0.3) is 0 Å². The number of hydrogen-bond donors (Lipinski definition) is 0. The second-order valence-corrected chi connectivity index (χ2v) is 4.66. The third-order valence-corrected chi connectivity index (χ3v) is 3.08. The van der Waals surface area contributed by atoms with Gasteiger partial charge in [-0.2, -0.15) is 0 Å². The third kappa shape index (κ3) is 2.49. The van der Waals surface area contributed by atoms with E-state index in [2.05, 4.69) is 6.92 Å². The lowest BCUT2D eigenvalue weighted by atomic mass is 9.77. The number of rotatable bonds is 3. The molecule has 15 heavy (non-hydrogen) atoms. The molecule has 0 unspecified atom stereocenters. The molecular formula is C13H17FO. The minimum absolute atomic E-state index is 0.197. The molecule has 0 atom stereocenters. The predicted octanol–water partition coefficient (Wildman–Crippen LogP) is 3.56. The molecule has 1 nitrogen and oxygen atoms in total. The van der Waals surface area contributed by atoms with Crippen LogP contribution in [-0.2, 0) is 0 Å². The van der Waals surface area contributed by atoms with E-state index in [4.69, 9.17) is 4.74 Å². The summed E-state index contributed by atoms with van der Waals surface area (Å²) < 4.78 is 18.5. The average Bonchev–Trinajstić information content (AvgIpc) is 2.13. The largest absolute Gasteiger partial charge is 0.493 e. The van der Waals surface area contributed by atoms with Crippen LogP contribution >= 0.6 is 0 Å². The number of ether oxygens (including phenoxy) is 1. The molecule has 2 heteroatoms. The molecule has 2 rings (SSSR count). The first kappa shape index (κ1) is 10.5. The second-order valence-electron chi connectivity index (χ2n) is 4.66. The minimum Gasteiger partial charge on any atom is -0.493 e. The molecule has 82 valence electrons. The van der Waals surface area contributed by atoms with Crippen molar-refractivity contribution in [3.05, 3.63) is 29.6 Å². The molecule has 0 saturated heterocycles. The van der Waals surface area contributed by atoms with Crippen molar-refractivity contribution in [2.75, 3.05) is 6.61 Å². The molecule has 1 aromatic rings. The molecule has 0 spiro atoms. The van der Waals surface area contributed by atoms with Crippen molar-refractivity contribution in [2.24, 2.45) is 11.8 Å². The summed E-state index contributed by atoms with van der Waals surface area (Å²) in [7, 11) is 0. The fraction of sp³-hybridized carbons (Fsp3) is 0.538. The quantitative estimate of drug-likeness (QED) is 0.738. The normalized spacial score (nSPS) is 24.7. The van der Waals surface area contributed by atoms with Gasteiger partial charge in [-0.25, -0.2) is 4.39 Å². The predicted molar refractivity (Wildman–Crippen MR) is 58.5 cm³/mol. The van der Waals surface area contributed by atoms with Crippen molar-refractivity contribution in [3.63, 3.8) is 0 Å². The van der Waals surface area contributed by atoms with Gasteiger partial charge in [0.2, 0.25) is 0 Å². The Morgan fingerprint density at radius 1 is 1.40 bits per heavy atom. The van der Waals surface area contributed by atoms with Gasteiger partial charge in [0.05, 0.1) is 6.61 Å². The Morgan fingerprint density at radius 3 is 2.73 bits per heavy atom. The van der Waals surface area contributed by atoms with Crippen LogP contribution in [0.3, 0.4) is 0 Å². The van der Waals surface area contributed by atoms with E-state index in [0.29, 0.717) is 5.92 Å². The zero-order chi connectivity index (χ0) is 10.8. The van der Waals surface area contributed by atoms with E-state index in [1.54, 1.807) is 6.07 Å². The number of halogens is 1. The zero-order valence-corrected chi connectivity index (χ0v) is 9.29. The van der Waals surface area contributed by atoms with Crippen LogP contribution in [0.5, 0.6) is 5.75 Å². The molecule has 0 aliphatic heterocycles. The van der Waals surface area contributed by atoms with E-state index in [0.717, 1.165) is 23.8 Å². The molecule has 1 saturated carbocycles. The Kier molecular flexibility index (Phi) is 2.94. The highest BCUT2D eigenvalue weighted by atomic mass is 19.1. The topological polar surface area (TPSA) is 9.23 Å². The van der Waals surface area contributed by atoms with Gasteiger partial charge < -0.3 is 4.74 Å². The van der Waals surface area contributed by atoms with E-state index in [9.17, 15) is 4.39 Å². The van der Waals surface area contributed by atoms with Crippen molar-refractivity contribution >= 4 is 0 Å². The maximum Gasteiger partial charge on any atom is 0.123 e. The summed E-state index contributed by atoms with van der Waals surface area (Å²) in [6, 6.07) is 4.68. The Hall–Kier alpha value is -1.05. The molecule has 1 aliphatic rings. The van der Waals surface area contributed by atoms with E-state index in [1.165, 1.54) is 25.0 Å². The summed E-state index contributed by atoms with van der Waals surface area (Å²) in [5, 5.41) is 0. The standard InChI is InChI=1S/C13H17FO/c1-9-5-11(6-9)8-15-13-4-3-12(14)7-10(13)2/h3-4,7,9,11H,5-6,8H2,1-2H3/t9-,11-. The van der Waals surface area contributed by atoms with Gasteiger partial charge in [0, 0.05) is 0 Å². The summed E-state index contributed by atoms with van der Waals surface area (Å²) >= 11 is 0. The second kappa shape index (κ2) is 4.21. The first-order chi connectivity index (χ1) is 7.15. The van der Waals surface area contributed by atoms with Crippen LogP contribution in [-0.4, -0.2) is 6.61 Å². The van der Waals surface area contributed by atoms with Crippen LogP contribution < -0.4 is 4.74 Å². The molecule has 1 aromatic carbocycles. The minimum atomic E-state index is -0.197. The van der Waals surface area contributed by atoms with E-state index < -0.39 is 0 Å². The number of benzene rings is 1. The molecule has 0 bridgehead atoms. The lowest BCUT2D eigenvalue weighted by molar-refractivity contribution is 0.130. The fourth-order valence-electron chi connectivity index (χ4n) is 2.19. The highest BCUT2D eigenvalue weighted by Crippen LogP contribution is 2.33. The molecule has 0 aromatic heterocycles. The Morgan fingerprint density at radius 2 is 2.13 bits per heavy atom. The fourth-order valence-corrected chi connectivity index (χ4v) is 2.19. The smallest absolute Gasteiger partial charge is 0.123 e. The lowest BCUT2D eigenvalue weighted by Gasteiger charge is -2.32. The first-order valence-electron chi connectivity index (χ1n) is 5.54. The zero-order valence-electron chi connectivity index (χ0n) is 9.29. The Labute approximate surface area is 90.3 Å². The van der Waals surface area contributed by atoms with E-state index >= 15 is 0 Å². The van der Waals surface area contributed by atoms with E-state index in [1.807, 2.05) is 6.92 Å². The van der Waals surface area contributed by atoms with Crippen molar-refractivity contribution < 1.29 is 9.13 Å². The summed E-state index contributed by atoms with van der Waals surface area (Å²) in [5.74, 6) is 2.17. The molecule has 0 N–H and O–H groups in total. The van der Waals surface area contributed by atoms with Crippen LogP contribution in [0.2, 0.25) is 0 Å². The Bertz CT molecular complexity index is 342. The third-order valence-electron chi connectivity index (χ3n) is 3.08. The Balaban J connectivity index is 1.88. The van der Waals surface area contributed by atoms with Gasteiger partial charge in [0.25, 0.3) is 0 Å². The molecule has 0 heterocycles. The molecule has 1 aliphatic carbocycles. The van der Waals surface area contributed by atoms with Crippen molar-refractivity contribution in [3.8, 4) is 5.75 Å². The SMILES string of the molecule is Cc1cc(F)ccc1OC[C@H]1C[C@H](C)C1. The maximum absolute atomic E-state index is 12.8. The van der Waals surface area contributed by atoms with Gasteiger partial charge in [-0.1, -0.05) is 6.92 Å². The van der Waals surface area contributed by atoms with Gasteiger partial charge >= 0.3 is 0 Å². The highest BCUT2D eigenvalue weighted by molar-refractivity contribution is 5.32.